The van der Waals surface area contributed by atoms with Crippen LogP contribution in [0.25, 0.3) is 0 Å². The van der Waals surface area contributed by atoms with Gasteiger partial charge in [0.1, 0.15) is 17.6 Å². The molecule has 1 aromatic heterocycles. The Morgan fingerprint density at radius 3 is 2.92 bits per heavy atom. The van der Waals surface area contributed by atoms with Crippen LogP contribution in [0.5, 0.6) is 0 Å². The molecule has 0 fully saturated rings. The number of furan rings is 1. The van der Waals surface area contributed by atoms with Gasteiger partial charge in [-0.15, -0.1) is 0 Å². The van der Waals surface area contributed by atoms with Crippen LogP contribution < -0.4 is 0 Å². The fraction of sp³-hybridized carbons (Fsp3) is 0.444. The second-order valence-corrected chi connectivity index (χ2v) is 2.54. The topological polar surface area (TPSA) is 57.2 Å². The summed E-state index contributed by atoms with van der Waals surface area (Å²) < 4.78 is 5.25. The van der Waals surface area contributed by atoms with Crippen molar-refractivity contribution >= 4 is 0 Å². The molecule has 3 heteroatoms. The Hall–Kier alpha value is -1.27. The van der Waals surface area contributed by atoms with Gasteiger partial charge in [0.15, 0.2) is 0 Å². The van der Waals surface area contributed by atoms with Gasteiger partial charge in [0.25, 0.3) is 0 Å². The molecule has 0 bridgehead atoms. The molecule has 1 heterocycles. The van der Waals surface area contributed by atoms with Crippen LogP contribution in [0.2, 0.25) is 0 Å². The summed E-state index contributed by atoms with van der Waals surface area (Å²) in [6, 6.07) is 5.41. The minimum Gasteiger partial charge on any atom is -0.463 e. The fourth-order valence-electron chi connectivity index (χ4n) is 0.951. The highest BCUT2D eigenvalue weighted by Crippen LogP contribution is 2.18. The molecule has 64 valence electrons. The first-order valence-corrected chi connectivity index (χ1v) is 3.91. The molecular weight excluding hydrogens is 154 g/mol. The smallest absolute Gasteiger partial charge is 0.133 e. The highest BCUT2D eigenvalue weighted by molar-refractivity contribution is 5.10. The zero-order valence-corrected chi connectivity index (χ0v) is 6.95. The molecule has 12 heavy (non-hydrogen) atoms. The van der Waals surface area contributed by atoms with E-state index in [9.17, 15) is 5.11 Å². The van der Waals surface area contributed by atoms with Gasteiger partial charge in [0.2, 0.25) is 0 Å². The van der Waals surface area contributed by atoms with Crippen molar-refractivity contribution in [1.82, 2.24) is 0 Å². The highest BCUT2D eigenvalue weighted by atomic mass is 16.4. The van der Waals surface area contributed by atoms with E-state index in [4.69, 9.17) is 9.68 Å². The monoisotopic (exact) mass is 165 g/mol. The average molecular weight is 165 g/mol. The predicted octanol–water partition coefficient (Wildman–Crippen LogP) is 1.79. The Morgan fingerprint density at radius 1 is 1.67 bits per heavy atom. The fourth-order valence-corrected chi connectivity index (χ4v) is 0.951. The van der Waals surface area contributed by atoms with E-state index < -0.39 is 6.10 Å². The first-order valence-electron chi connectivity index (χ1n) is 3.91. The summed E-state index contributed by atoms with van der Waals surface area (Å²) >= 11 is 0. The van der Waals surface area contributed by atoms with Crippen molar-refractivity contribution in [1.29, 1.82) is 5.26 Å². The molecule has 1 aromatic rings. The first-order chi connectivity index (χ1) is 5.77. The lowest BCUT2D eigenvalue weighted by Gasteiger charge is -2.00. The summed E-state index contributed by atoms with van der Waals surface area (Å²) in [5.41, 5.74) is 0. The maximum absolute atomic E-state index is 9.31. The average Bonchev–Trinajstić information content (AvgIpc) is 2.52. The van der Waals surface area contributed by atoms with E-state index in [1.807, 2.05) is 19.1 Å². The van der Waals surface area contributed by atoms with Gasteiger partial charge in [0, 0.05) is 6.42 Å². The van der Waals surface area contributed by atoms with Gasteiger partial charge in [-0.3, -0.25) is 0 Å². The summed E-state index contributed by atoms with van der Waals surface area (Å²) in [6.45, 7) is 1.97. The molecule has 0 spiro atoms. The number of hydrogen-bond acceptors (Lipinski definition) is 3. The van der Waals surface area contributed by atoms with Gasteiger partial charge in [0.05, 0.1) is 12.5 Å². The van der Waals surface area contributed by atoms with E-state index in [2.05, 4.69) is 0 Å². The van der Waals surface area contributed by atoms with Crippen LogP contribution in [0.15, 0.2) is 16.5 Å². The van der Waals surface area contributed by atoms with Crippen LogP contribution in [0.4, 0.5) is 0 Å². The molecule has 0 saturated carbocycles. The Balaban J connectivity index is 2.69. The van der Waals surface area contributed by atoms with Gasteiger partial charge in [-0.05, 0) is 12.1 Å². The van der Waals surface area contributed by atoms with E-state index in [1.54, 1.807) is 6.07 Å². The van der Waals surface area contributed by atoms with E-state index in [-0.39, 0.29) is 6.42 Å². The lowest BCUT2D eigenvalue weighted by atomic mass is 10.2. The molecular formula is C9H11NO2. The summed E-state index contributed by atoms with van der Waals surface area (Å²) in [7, 11) is 0. The Labute approximate surface area is 71.2 Å². The summed E-state index contributed by atoms with van der Waals surface area (Å²) in [6.07, 6.45) is 0.103. The van der Waals surface area contributed by atoms with Crippen molar-refractivity contribution < 1.29 is 9.52 Å². The van der Waals surface area contributed by atoms with Crippen LogP contribution in [-0.2, 0) is 6.42 Å². The Morgan fingerprint density at radius 2 is 2.42 bits per heavy atom. The van der Waals surface area contributed by atoms with Gasteiger partial charge in [-0.25, -0.2) is 0 Å². The SMILES string of the molecule is CCc1ccc(C(O)CC#N)o1. The second-order valence-electron chi connectivity index (χ2n) is 2.54. The summed E-state index contributed by atoms with van der Waals surface area (Å²) in [5.74, 6) is 1.32. The standard InChI is InChI=1S/C9H11NO2/c1-2-7-3-4-9(12-7)8(11)5-6-10/h3-4,8,11H,2,5H2,1H3. The van der Waals surface area contributed by atoms with Crippen LogP contribution in [-0.4, -0.2) is 5.11 Å². The predicted molar refractivity (Wildman–Crippen MR) is 43.3 cm³/mol. The number of hydrogen-bond donors (Lipinski definition) is 1. The maximum Gasteiger partial charge on any atom is 0.133 e. The number of nitrogens with zero attached hydrogens (tertiary/aromatic N) is 1. The number of aliphatic hydroxyl groups is 1. The zero-order valence-electron chi connectivity index (χ0n) is 6.95. The lowest BCUT2D eigenvalue weighted by molar-refractivity contribution is 0.153. The van der Waals surface area contributed by atoms with Crippen LogP contribution >= 0.6 is 0 Å². The van der Waals surface area contributed by atoms with Crippen molar-refractivity contribution in [2.75, 3.05) is 0 Å². The van der Waals surface area contributed by atoms with E-state index in [1.165, 1.54) is 0 Å². The van der Waals surface area contributed by atoms with Gasteiger partial charge < -0.3 is 9.52 Å². The van der Waals surface area contributed by atoms with Crippen molar-refractivity contribution in [2.45, 2.75) is 25.9 Å². The summed E-state index contributed by atoms with van der Waals surface area (Å²) in [4.78, 5) is 0. The Kier molecular flexibility index (Phi) is 2.89. The second kappa shape index (κ2) is 3.93. The van der Waals surface area contributed by atoms with E-state index >= 15 is 0 Å². The third-order valence-electron chi connectivity index (χ3n) is 1.64. The van der Waals surface area contributed by atoms with Crippen LogP contribution in [0, 0.1) is 11.3 Å². The normalized spacial score (nSPS) is 12.4. The molecule has 0 saturated heterocycles. The molecule has 1 rings (SSSR count). The van der Waals surface area contributed by atoms with Gasteiger partial charge in [-0.1, -0.05) is 6.92 Å². The third kappa shape index (κ3) is 1.86. The highest BCUT2D eigenvalue weighted by Gasteiger charge is 2.10. The van der Waals surface area contributed by atoms with Gasteiger partial charge >= 0.3 is 0 Å². The molecule has 0 aliphatic carbocycles. The molecule has 0 aromatic carbocycles. The van der Waals surface area contributed by atoms with Gasteiger partial charge in [-0.2, -0.15) is 5.26 Å². The molecule has 0 aliphatic rings. The minimum atomic E-state index is -0.782. The quantitative estimate of drug-likeness (QED) is 0.742. The minimum absolute atomic E-state index is 0.0800. The van der Waals surface area contributed by atoms with Crippen LogP contribution in [0.3, 0.4) is 0 Å². The van der Waals surface area contributed by atoms with Crippen molar-refractivity contribution in [2.24, 2.45) is 0 Å². The zero-order chi connectivity index (χ0) is 8.97. The molecule has 3 nitrogen and oxygen atoms in total. The molecule has 1 atom stereocenters. The van der Waals surface area contributed by atoms with Crippen molar-refractivity contribution in [3.8, 4) is 6.07 Å². The lowest BCUT2D eigenvalue weighted by Crippen LogP contribution is -1.92. The molecule has 0 radical (unpaired) electrons. The number of aryl methyl sites for hydroxylation is 1. The number of aliphatic hydroxyl groups excluding tert-OH is 1. The molecule has 0 aliphatic heterocycles. The van der Waals surface area contributed by atoms with Crippen molar-refractivity contribution in [3.05, 3.63) is 23.7 Å². The summed E-state index contributed by atoms with van der Waals surface area (Å²) in [5, 5.41) is 17.6. The number of rotatable bonds is 3. The Bertz CT molecular complexity index is 285. The first kappa shape index (κ1) is 8.82. The molecule has 1 N–H and O–H groups in total. The molecule has 1 unspecified atom stereocenters. The maximum atomic E-state index is 9.31. The molecule has 0 amide bonds. The van der Waals surface area contributed by atoms with Crippen LogP contribution in [0.1, 0.15) is 31.0 Å². The largest absolute Gasteiger partial charge is 0.463 e. The van der Waals surface area contributed by atoms with E-state index in [0.717, 1.165) is 12.2 Å². The van der Waals surface area contributed by atoms with Crippen molar-refractivity contribution in [3.63, 3.8) is 0 Å². The van der Waals surface area contributed by atoms with E-state index in [0.29, 0.717) is 5.76 Å². The number of nitriles is 1. The third-order valence-corrected chi connectivity index (χ3v) is 1.64.